The fourth-order valence-electron chi connectivity index (χ4n) is 4.05. The van der Waals surface area contributed by atoms with E-state index < -0.39 is 6.04 Å². The average molecular weight is 374 g/mol. The summed E-state index contributed by atoms with van der Waals surface area (Å²) in [4.78, 5) is 14.8. The minimum atomic E-state index is -0.507. The molecule has 2 aromatic carbocycles. The van der Waals surface area contributed by atoms with Crippen molar-refractivity contribution >= 4 is 5.91 Å². The topological polar surface area (TPSA) is 64.2 Å². The fraction of sp³-hybridized carbons (Fsp3) is 0.304. The standard InChI is InChI=1S/C23H26N4O/c1-26-22(18-10-6-3-7-11-18)19-12-14-27(15-13-21(19)25-26)23(28)20(24)16-17-8-4-2-5-9-17/h2-11,20H,12-16,24H2,1H3/t20-/m0/s1. The molecule has 0 unspecified atom stereocenters. The molecule has 28 heavy (non-hydrogen) atoms. The maximum absolute atomic E-state index is 12.9. The Morgan fingerprint density at radius 3 is 2.39 bits per heavy atom. The Hall–Kier alpha value is -2.92. The maximum atomic E-state index is 12.9. The van der Waals surface area contributed by atoms with E-state index in [4.69, 9.17) is 10.8 Å². The third-order valence-corrected chi connectivity index (χ3v) is 5.45. The predicted octanol–water partition coefficient (Wildman–Crippen LogP) is 2.58. The second-order valence-electron chi connectivity index (χ2n) is 7.38. The van der Waals surface area contributed by atoms with Crippen LogP contribution in [-0.2, 0) is 31.1 Å². The van der Waals surface area contributed by atoms with E-state index in [1.54, 1.807) is 0 Å². The van der Waals surface area contributed by atoms with Gasteiger partial charge in [0.15, 0.2) is 0 Å². The molecule has 0 aliphatic carbocycles. The van der Waals surface area contributed by atoms with E-state index >= 15 is 0 Å². The van der Waals surface area contributed by atoms with Crippen molar-refractivity contribution in [3.05, 3.63) is 77.5 Å². The van der Waals surface area contributed by atoms with Crippen molar-refractivity contribution in [2.75, 3.05) is 13.1 Å². The van der Waals surface area contributed by atoms with Crippen molar-refractivity contribution in [2.24, 2.45) is 12.8 Å². The van der Waals surface area contributed by atoms with Gasteiger partial charge in [-0.2, -0.15) is 5.10 Å². The summed E-state index contributed by atoms with van der Waals surface area (Å²) in [6.45, 7) is 1.35. The van der Waals surface area contributed by atoms with Crippen LogP contribution in [0.1, 0.15) is 16.8 Å². The number of nitrogens with zero attached hydrogens (tertiary/aromatic N) is 3. The number of aryl methyl sites for hydroxylation is 1. The molecule has 2 heterocycles. The van der Waals surface area contributed by atoms with Gasteiger partial charge in [-0.15, -0.1) is 0 Å². The van der Waals surface area contributed by atoms with Crippen LogP contribution in [0.25, 0.3) is 11.3 Å². The first-order valence-electron chi connectivity index (χ1n) is 9.82. The lowest BCUT2D eigenvalue weighted by Crippen LogP contribution is -2.46. The monoisotopic (exact) mass is 374 g/mol. The normalized spacial score (nSPS) is 15.0. The number of benzene rings is 2. The largest absolute Gasteiger partial charge is 0.341 e. The van der Waals surface area contributed by atoms with E-state index in [1.165, 1.54) is 11.1 Å². The summed E-state index contributed by atoms with van der Waals surface area (Å²) in [5, 5.41) is 4.74. The Bertz CT molecular complexity index is 949. The molecule has 5 heteroatoms. The quantitative estimate of drug-likeness (QED) is 0.763. The van der Waals surface area contributed by atoms with E-state index in [1.807, 2.05) is 65.2 Å². The lowest BCUT2D eigenvalue weighted by atomic mass is 10.0. The molecule has 0 spiro atoms. The van der Waals surface area contributed by atoms with Gasteiger partial charge >= 0.3 is 0 Å². The third-order valence-electron chi connectivity index (χ3n) is 5.45. The number of nitrogens with two attached hydrogens (primary N) is 1. The minimum absolute atomic E-state index is 0.0274. The first kappa shape index (κ1) is 18.4. The van der Waals surface area contributed by atoms with Gasteiger partial charge in [0, 0.05) is 37.7 Å². The molecule has 5 nitrogen and oxygen atoms in total. The minimum Gasteiger partial charge on any atom is -0.341 e. The average Bonchev–Trinajstić information content (AvgIpc) is 2.90. The molecule has 1 aliphatic heterocycles. The molecular weight excluding hydrogens is 348 g/mol. The SMILES string of the molecule is Cn1nc2c(c1-c1ccccc1)CCN(C(=O)[C@@H](N)Cc1ccccc1)CC2. The molecule has 1 atom stereocenters. The highest BCUT2D eigenvalue weighted by molar-refractivity contribution is 5.82. The van der Waals surface area contributed by atoms with Gasteiger partial charge in [-0.05, 0) is 18.4 Å². The van der Waals surface area contributed by atoms with Crippen molar-refractivity contribution in [1.82, 2.24) is 14.7 Å². The van der Waals surface area contributed by atoms with Crippen molar-refractivity contribution in [1.29, 1.82) is 0 Å². The molecule has 0 fully saturated rings. The summed E-state index contributed by atoms with van der Waals surface area (Å²) in [6, 6.07) is 19.8. The first-order chi connectivity index (χ1) is 13.6. The highest BCUT2D eigenvalue weighted by Gasteiger charge is 2.27. The smallest absolute Gasteiger partial charge is 0.239 e. The summed E-state index contributed by atoms with van der Waals surface area (Å²) in [7, 11) is 2.00. The van der Waals surface area contributed by atoms with Crippen LogP contribution in [-0.4, -0.2) is 39.7 Å². The van der Waals surface area contributed by atoms with Crippen LogP contribution in [0.15, 0.2) is 60.7 Å². The van der Waals surface area contributed by atoms with Crippen molar-refractivity contribution in [3.63, 3.8) is 0 Å². The molecule has 0 saturated carbocycles. The number of hydrogen-bond donors (Lipinski definition) is 1. The molecule has 0 radical (unpaired) electrons. The van der Waals surface area contributed by atoms with E-state index in [0.29, 0.717) is 19.5 Å². The van der Waals surface area contributed by atoms with Crippen LogP contribution >= 0.6 is 0 Å². The van der Waals surface area contributed by atoms with Gasteiger partial charge in [-0.25, -0.2) is 0 Å². The van der Waals surface area contributed by atoms with Gasteiger partial charge in [0.1, 0.15) is 0 Å². The summed E-state index contributed by atoms with van der Waals surface area (Å²) in [5.41, 5.74) is 12.0. The molecule has 4 rings (SSSR count). The molecule has 1 aromatic heterocycles. The molecule has 2 N–H and O–H groups in total. The second kappa shape index (κ2) is 7.98. The molecule has 1 amide bonds. The Kier molecular flexibility index (Phi) is 5.26. The van der Waals surface area contributed by atoms with Gasteiger partial charge in [0.2, 0.25) is 5.91 Å². The summed E-state index contributed by atoms with van der Waals surface area (Å²) < 4.78 is 1.97. The second-order valence-corrected chi connectivity index (χ2v) is 7.38. The van der Waals surface area contributed by atoms with Gasteiger partial charge in [-0.1, -0.05) is 60.7 Å². The van der Waals surface area contributed by atoms with Crippen LogP contribution in [0.3, 0.4) is 0 Å². The van der Waals surface area contributed by atoms with Gasteiger partial charge in [0.05, 0.1) is 17.4 Å². The number of rotatable bonds is 4. The molecule has 144 valence electrons. The van der Waals surface area contributed by atoms with Gasteiger partial charge in [0.25, 0.3) is 0 Å². The molecule has 0 bridgehead atoms. The van der Waals surface area contributed by atoms with Crippen LogP contribution < -0.4 is 5.73 Å². The van der Waals surface area contributed by atoms with E-state index in [-0.39, 0.29) is 5.91 Å². The Morgan fingerprint density at radius 1 is 1.04 bits per heavy atom. The fourth-order valence-corrected chi connectivity index (χ4v) is 4.05. The number of carbonyl (C=O) groups excluding carboxylic acids is 1. The Labute approximate surface area is 165 Å². The maximum Gasteiger partial charge on any atom is 0.239 e. The Morgan fingerprint density at radius 2 is 1.68 bits per heavy atom. The summed E-state index contributed by atoms with van der Waals surface area (Å²) in [6.07, 6.45) is 2.13. The molecule has 1 aliphatic rings. The van der Waals surface area contributed by atoms with E-state index in [0.717, 1.165) is 29.8 Å². The van der Waals surface area contributed by atoms with E-state index in [2.05, 4.69) is 12.1 Å². The predicted molar refractivity (Wildman–Crippen MR) is 111 cm³/mol. The zero-order chi connectivity index (χ0) is 19.5. The van der Waals surface area contributed by atoms with Crippen LogP contribution in [0.5, 0.6) is 0 Å². The number of aromatic nitrogens is 2. The molecule has 3 aromatic rings. The third kappa shape index (κ3) is 3.71. The highest BCUT2D eigenvalue weighted by atomic mass is 16.2. The summed E-state index contributed by atoms with van der Waals surface area (Å²) in [5.74, 6) is 0.0274. The summed E-state index contributed by atoms with van der Waals surface area (Å²) >= 11 is 0. The zero-order valence-electron chi connectivity index (χ0n) is 16.2. The van der Waals surface area contributed by atoms with Crippen LogP contribution in [0.4, 0.5) is 0 Å². The van der Waals surface area contributed by atoms with Crippen molar-refractivity contribution < 1.29 is 4.79 Å². The van der Waals surface area contributed by atoms with Gasteiger partial charge < -0.3 is 10.6 Å². The van der Waals surface area contributed by atoms with Crippen molar-refractivity contribution in [3.8, 4) is 11.3 Å². The lowest BCUT2D eigenvalue weighted by molar-refractivity contribution is -0.132. The van der Waals surface area contributed by atoms with Crippen LogP contribution in [0, 0.1) is 0 Å². The molecular formula is C23H26N4O. The van der Waals surface area contributed by atoms with Crippen LogP contribution in [0.2, 0.25) is 0 Å². The number of hydrogen-bond acceptors (Lipinski definition) is 3. The van der Waals surface area contributed by atoms with Gasteiger partial charge in [-0.3, -0.25) is 9.48 Å². The number of fused-ring (bicyclic) bond motifs is 1. The lowest BCUT2D eigenvalue weighted by Gasteiger charge is -2.24. The first-order valence-corrected chi connectivity index (χ1v) is 9.82. The zero-order valence-corrected chi connectivity index (χ0v) is 16.2. The van der Waals surface area contributed by atoms with Crippen molar-refractivity contribution in [2.45, 2.75) is 25.3 Å². The highest BCUT2D eigenvalue weighted by Crippen LogP contribution is 2.28. The number of amides is 1. The molecule has 0 saturated heterocycles. The number of carbonyl (C=O) groups is 1. The van der Waals surface area contributed by atoms with E-state index in [9.17, 15) is 4.79 Å². The Balaban J connectivity index is 1.49.